The Hall–Kier alpha value is -0.120. The third-order valence-corrected chi connectivity index (χ3v) is 4.70. The third-order valence-electron chi connectivity index (χ3n) is 3.51. The average molecular weight is 427 g/mol. The molecule has 2 aliphatic heterocycles. The Morgan fingerprint density at radius 2 is 2.00 bits per heavy atom. The summed E-state index contributed by atoms with van der Waals surface area (Å²) in [5, 5.41) is 0. The second kappa shape index (κ2) is 8.12. The number of rotatable bonds is 5. The summed E-state index contributed by atoms with van der Waals surface area (Å²) >= 11 is 2.33. The number of ether oxygens (including phenoxy) is 4. The molecular formula is C15H26INO5. The maximum absolute atomic E-state index is 12.1. The molecule has 22 heavy (non-hydrogen) atoms. The minimum atomic E-state index is -0.464. The normalized spacial score (nSPS) is 29.1. The number of halogens is 1. The number of hydrogen-bond donors (Lipinski definition) is 0. The van der Waals surface area contributed by atoms with Crippen molar-refractivity contribution in [3.8, 4) is 0 Å². The molecule has 128 valence electrons. The van der Waals surface area contributed by atoms with Gasteiger partial charge in [0.05, 0.1) is 42.5 Å². The summed E-state index contributed by atoms with van der Waals surface area (Å²) < 4.78 is 22.5. The van der Waals surface area contributed by atoms with Gasteiger partial charge in [-0.1, -0.05) is 22.6 Å². The van der Waals surface area contributed by atoms with Gasteiger partial charge in [-0.15, -0.1) is 0 Å². The van der Waals surface area contributed by atoms with E-state index in [0.717, 1.165) is 13.0 Å². The van der Waals surface area contributed by atoms with E-state index in [1.54, 1.807) is 4.90 Å². The van der Waals surface area contributed by atoms with Crippen molar-refractivity contribution in [1.82, 2.24) is 4.90 Å². The van der Waals surface area contributed by atoms with Crippen LogP contribution < -0.4 is 0 Å². The fraction of sp³-hybridized carbons (Fsp3) is 0.933. The molecule has 1 amide bonds. The first-order chi connectivity index (χ1) is 10.3. The maximum Gasteiger partial charge on any atom is 0.410 e. The number of carbonyl (C=O) groups is 1. The van der Waals surface area contributed by atoms with Crippen molar-refractivity contribution in [2.75, 3.05) is 39.5 Å². The van der Waals surface area contributed by atoms with Crippen LogP contribution in [-0.2, 0) is 18.9 Å². The highest BCUT2D eigenvalue weighted by Gasteiger charge is 2.36. The molecule has 0 aromatic carbocycles. The Labute approximate surface area is 145 Å². The molecule has 3 atom stereocenters. The first-order valence-electron chi connectivity index (χ1n) is 7.78. The molecule has 0 aromatic rings. The van der Waals surface area contributed by atoms with E-state index in [4.69, 9.17) is 18.9 Å². The smallest absolute Gasteiger partial charge is 0.410 e. The van der Waals surface area contributed by atoms with Gasteiger partial charge in [0.2, 0.25) is 0 Å². The van der Waals surface area contributed by atoms with Gasteiger partial charge in [-0.25, -0.2) is 4.79 Å². The van der Waals surface area contributed by atoms with Crippen molar-refractivity contribution in [3.63, 3.8) is 0 Å². The topological polar surface area (TPSA) is 57.2 Å². The van der Waals surface area contributed by atoms with Crippen LogP contribution in [0.1, 0.15) is 27.2 Å². The van der Waals surface area contributed by atoms with Crippen LogP contribution in [0.4, 0.5) is 4.79 Å². The van der Waals surface area contributed by atoms with Crippen LogP contribution in [0.15, 0.2) is 0 Å². The second-order valence-electron chi connectivity index (χ2n) is 6.67. The molecular weight excluding hydrogens is 401 g/mol. The highest BCUT2D eigenvalue weighted by molar-refractivity contribution is 14.1. The predicted molar refractivity (Wildman–Crippen MR) is 90.5 cm³/mol. The Balaban J connectivity index is 1.66. The first-order valence-corrected chi connectivity index (χ1v) is 9.02. The Morgan fingerprint density at radius 3 is 2.64 bits per heavy atom. The van der Waals surface area contributed by atoms with E-state index in [0.29, 0.717) is 32.9 Å². The number of amides is 1. The van der Waals surface area contributed by atoms with Crippen molar-refractivity contribution >= 4 is 28.7 Å². The van der Waals surface area contributed by atoms with Crippen LogP contribution in [0.25, 0.3) is 0 Å². The highest BCUT2D eigenvalue weighted by atomic mass is 127. The average Bonchev–Trinajstić information content (AvgIpc) is 3.03. The molecule has 0 saturated carbocycles. The van der Waals surface area contributed by atoms with Crippen LogP contribution in [0.2, 0.25) is 0 Å². The molecule has 0 aromatic heterocycles. The Kier molecular flexibility index (Phi) is 6.73. The minimum Gasteiger partial charge on any atom is -0.444 e. The van der Waals surface area contributed by atoms with Crippen LogP contribution in [0, 0.1) is 0 Å². The maximum atomic E-state index is 12.1. The summed E-state index contributed by atoms with van der Waals surface area (Å²) in [5.74, 6) is 0. The number of alkyl halides is 1. The number of carbonyl (C=O) groups excluding carboxylic acids is 1. The van der Waals surface area contributed by atoms with Crippen LogP contribution in [-0.4, -0.2) is 72.2 Å². The SMILES string of the molecule is CC(C)(C)OC(=O)N1CC(I)C(OCCOC2CCOC2)C1. The van der Waals surface area contributed by atoms with E-state index in [1.807, 2.05) is 20.8 Å². The molecule has 2 saturated heterocycles. The summed E-state index contributed by atoms with van der Waals surface area (Å²) in [6.45, 7) is 9.46. The van der Waals surface area contributed by atoms with E-state index in [1.165, 1.54) is 0 Å². The molecule has 3 unspecified atom stereocenters. The molecule has 2 aliphatic rings. The molecule has 0 aliphatic carbocycles. The van der Waals surface area contributed by atoms with Crippen LogP contribution >= 0.6 is 22.6 Å². The molecule has 7 heteroatoms. The molecule has 0 spiro atoms. The number of likely N-dealkylation sites (tertiary alicyclic amines) is 1. The van der Waals surface area contributed by atoms with Gasteiger partial charge in [-0.3, -0.25) is 0 Å². The zero-order chi connectivity index (χ0) is 16.2. The molecule has 6 nitrogen and oxygen atoms in total. The lowest BCUT2D eigenvalue weighted by atomic mass is 10.2. The van der Waals surface area contributed by atoms with E-state index in [9.17, 15) is 4.79 Å². The van der Waals surface area contributed by atoms with Crippen molar-refractivity contribution in [2.45, 2.75) is 48.9 Å². The number of nitrogens with zero attached hydrogens (tertiary/aromatic N) is 1. The Bertz CT molecular complexity index is 367. The van der Waals surface area contributed by atoms with Gasteiger partial charge in [0, 0.05) is 13.2 Å². The molecule has 2 fully saturated rings. The summed E-state index contributed by atoms with van der Waals surface area (Å²) in [6, 6.07) is 0. The standard InChI is InChI=1S/C15H26INO5/c1-15(2,3)22-14(18)17-8-12(16)13(9-17)21-7-6-20-11-4-5-19-10-11/h11-13H,4-10H2,1-3H3. The monoisotopic (exact) mass is 427 g/mol. The highest BCUT2D eigenvalue weighted by Crippen LogP contribution is 2.23. The summed E-state index contributed by atoms with van der Waals surface area (Å²) in [5.41, 5.74) is -0.464. The van der Waals surface area contributed by atoms with Gasteiger partial charge >= 0.3 is 6.09 Å². The van der Waals surface area contributed by atoms with Crippen LogP contribution in [0.3, 0.4) is 0 Å². The fourth-order valence-electron chi connectivity index (χ4n) is 2.43. The van der Waals surface area contributed by atoms with E-state index >= 15 is 0 Å². The predicted octanol–water partition coefficient (Wildman–Crippen LogP) is 2.23. The molecule has 2 heterocycles. The molecule has 2 rings (SSSR count). The molecule has 0 radical (unpaired) electrons. The van der Waals surface area contributed by atoms with Gasteiger partial charge in [0.25, 0.3) is 0 Å². The van der Waals surface area contributed by atoms with E-state index in [-0.39, 0.29) is 22.2 Å². The van der Waals surface area contributed by atoms with Crippen molar-refractivity contribution in [2.24, 2.45) is 0 Å². The van der Waals surface area contributed by atoms with Crippen molar-refractivity contribution in [1.29, 1.82) is 0 Å². The van der Waals surface area contributed by atoms with Gasteiger partial charge in [0.15, 0.2) is 0 Å². The zero-order valence-corrected chi connectivity index (χ0v) is 15.7. The lowest BCUT2D eigenvalue weighted by molar-refractivity contribution is -0.0205. The van der Waals surface area contributed by atoms with E-state index in [2.05, 4.69) is 22.6 Å². The lowest BCUT2D eigenvalue weighted by Gasteiger charge is -2.24. The quantitative estimate of drug-likeness (QED) is 0.383. The third kappa shape index (κ3) is 5.82. The van der Waals surface area contributed by atoms with Gasteiger partial charge in [0.1, 0.15) is 5.60 Å². The Morgan fingerprint density at radius 1 is 1.27 bits per heavy atom. The first kappa shape index (κ1) is 18.2. The largest absolute Gasteiger partial charge is 0.444 e. The van der Waals surface area contributed by atoms with Crippen LogP contribution in [0.5, 0.6) is 0 Å². The van der Waals surface area contributed by atoms with Crippen molar-refractivity contribution in [3.05, 3.63) is 0 Å². The number of hydrogen-bond acceptors (Lipinski definition) is 5. The lowest BCUT2D eigenvalue weighted by Crippen LogP contribution is -2.36. The zero-order valence-electron chi connectivity index (χ0n) is 13.5. The summed E-state index contributed by atoms with van der Waals surface area (Å²) in [4.78, 5) is 13.8. The summed E-state index contributed by atoms with van der Waals surface area (Å²) in [7, 11) is 0. The second-order valence-corrected chi connectivity index (χ2v) is 8.27. The summed E-state index contributed by atoms with van der Waals surface area (Å²) in [6.07, 6.45) is 0.946. The van der Waals surface area contributed by atoms with E-state index < -0.39 is 5.60 Å². The minimum absolute atomic E-state index is 0.0385. The fourth-order valence-corrected chi connectivity index (χ4v) is 3.34. The molecule has 0 bridgehead atoms. The van der Waals surface area contributed by atoms with Crippen molar-refractivity contribution < 1.29 is 23.7 Å². The van der Waals surface area contributed by atoms with Gasteiger partial charge in [-0.05, 0) is 27.2 Å². The van der Waals surface area contributed by atoms with Gasteiger partial charge < -0.3 is 23.8 Å². The van der Waals surface area contributed by atoms with Gasteiger partial charge in [-0.2, -0.15) is 0 Å². The molecule has 0 N–H and O–H groups in total.